The van der Waals surface area contributed by atoms with E-state index >= 15 is 0 Å². The summed E-state index contributed by atoms with van der Waals surface area (Å²) >= 11 is 0. The highest BCUT2D eigenvalue weighted by Gasteiger charge is 2.39. The lowest BCUT2D eigenvalue weighted by Crippen LogP contribution is -2.39. The van der Waals surface area contributed by atoms with Gasteiger partial charge < -0.3 is 18.9 Å². The minimum atomic E-state index is -0.631. The van der Waals surface area contributed by atoms with Gasteiger partial charge in [0.1, 0.15) is 18.0 Å². The number of hydrogen-bond acceptors (Lipinski definition) is 3. The predicted molar refractivity (Wildman–Crippen MR) is 114 cm³/mol. The molecule has 1 amide bonds. The van der Waals surface area contributed by atoms with Crippen LogP contribution in [0.4, 0.5) is 0 Å². The summed E-state index contributed by atoms with van der Waals surface area (Å²) in [5.74, 6) is 0.921. The SMILES string of the molecule is CN(C)C(=O)CC1(C)OCCc2c1n(C)c1ccc(OCc3ccccc3)cc21. The fourth-order valence-corrected chi connectivity index (χ4v) is 4.29. The first kappa shape index (κ1) is 19.5. The molecule has 5 heteroatoms. The van der Waals surface area contributed by atoms with Crippen molar-refractivity contribution in [1.82, 2.24) is 9.47 Å². The van der Waals surface area contributed by atoms with Crippen LogP contribution >= 0.6 is 0 Å². The van der Waals surface area contributed by atoms with Crippen molar-refractivity contribution >= 4 is 16.8 Å². The van der Waals surface area contributed by atoms with E-state index in [4.69, 9.17) is 9.47 Å². The van der Waals surface area contributed by atoms with Crippen LogP contribution in [0.1, 0.15) is 30.2 Å². The lowest BCUT2D eigenvalue weighted by Gasteiger charge is -2.35. The van der Waals surface area contributed by atoms with Crippen molar-refractivity contribution in [1.29, 1.82) is 0 Å². The van der Waals surface area contributed by atoms with Crippen LogP contribution in [0, 0.1) is 0 Å². The Hall–Kier alpha value is -2.79. The number of carbonyl (C=O) groups excluding carboxylic acids is 1. The zero-order chi connectivity index (χ0) is 20.6. The molecule has 0 saturated heterocycles. The molecule has 1 aliphatic heterocycles. The molecular weight excluding hydrogens is 364 g/mol. The molecule has 0 fully saturated rings. The zero-order valence-electron chi connectivity index (χ0n) is 17.6. The van der Waals surface area contributed by atoms with E-state index in [-0.39, 0.29) is 5.91 Å². The summed E-state index contributed by atoms with van der Waals surface area (Å²) in [5, 5.41) is 1.18. The Morgan fingerprint density at radius 1 is 1.21 bits per heavy atom. The maximum Gasteiger partial charge on any atom is 0.225 e. The van der Waals surface area contributed by atoms with Gasteiger partial charge in [-0.05, 0) is 42.7 Å². The molecule has 0 spiro atoms. The standard InChI is InChI=1S/C24H28N2O3/c1-24(15-22(27)25(2)3)23-19(12-13-29-24)20-14-18(10-11-21(20)26(23)4)28-16-17-8-6-5-7-9-17/h5-11,14H,12-13,15-16H2,1-4H3. The number of nitrogens with zero attached hydrogens (tertiary/aromatic N) is 2. The van der Waals surface area contributed by atoms with E-state index in [1.807, 2.05) is 31.2 Å². The first-order valence-corrected chi connectivity index (χ1v) is 10.0. The highest BCUT2D eigenvalue weighted by molar-refractivity contribution is 5.88. The first-order valence-electron chi connectivity index (χ1n) is 10.0. The van der Waals surface area contributed by atoms with Gasteiger partial charge in [-0.3, -0.25) is 4.79 Å². The molecular formula is C24H28N2O3. The Labute approximate surface area is 171 Å². The van der Waals surface area contributed by atoms with Gasteiger partial charge in [0, 0.05) is 32.0 Å². The van der Waals surface area contributed by atoms with Gasteiger partial charge in [-0.2, -0.15) is 0 Å². The maximum absolute atomic E-state index is 12.4. The van der Waals surface area contributed by atoms with Crippen LogP contribution in [-0.4, -0.2) is 36.1 Å². The van der Waals surface area contributed by atoms with Gasteiger partial charge in [-0.1, -0.05) is 30.3 Å². The zero-order valence-corrected chi connectivity index (χ0v) is 17.6. The first-order chi connectivity index (χ1) is 13.9. The quantitative estimate of drug-likeness (QED) is 0.659. The Morgan fingerprint density at radius 3 is 2.69 bits per heavy atom. The number of amides is 1. The Kier molecular flexibility index (Phi) is 5.09. The molecule has 1 aliphatic rings. The Balaban J connectivity index is 1.69. The van der Waals surface area contributed by atoms with Crippen molar-refractivity contribution in [2.24, 2.45) is 7.05 Å². The minimum Gasteiger partial charge on any atom is -0.489 e. The van der Waals surface area contributed by atoms with Crippen LogP contribution in [-0.2, 0) is 35.2 Å². The molecule has 1 aromatic heterocycles. The molecule has 4 rings (SSSR count). The van der Waals surface area contributed by atoms with Gasteiger partial charge in [-0.15, -0.1) is 0 Å². The Morgan fingerprint density at radius 2 is 1.97 bits per heavy atom. The van der Waals surface area contributed by atoms with Gasteiger partial charge in [0.15, 0.2) is 0 Å². The summed E-state index contributed by atoms with van der Waals surface area (Å²) in [6.45, 7) is 3.18. The number of benzene rings is 2. The van der Waals surface area contributed by atoms with Crippen molar-refractivity contribution in [3.8, 4) is 5.75 Å². The van der Waals surface area contributed by atoms with Crippen LogP contribution in [0.2, 0.25) is 0 Å². The minimum absolute atomic E-state index is 0.0671. The average Bonchev–Trinajstić information content (AvgIpc) is 3.00. The maximum atomic E-state index is 12.4. The molecule has 0 radical (unpaired) electrons. The smallest absolute Gasteiger partial charge is 0.225 e. The van der Waals surface area contributed by atoms with E-state index in [0.717, 1.165) is 28.9 Å². The van der Waals surface area contributed by atoms with E-state index in [0.29, 0.717) is 19.6 Å². The summed E-state index contributed by atoms with van der Waals surface area (Å²) < 4.78 is 14.4. The topological polar surface area (TPSA) is 43.7 Å². The van der Waals surface area contributed by atoms with Gasteiger partial charge in [0.2, 0.25) is 5.91 Å². The summed E-state index contributed by atoms with van der Waals surface area (Å²) in [6.07, 6.45) is 1.16. The highest BCUT2D eigenvalue weighted by Crippen LogP contribution is 2.41. The van der Waals surface area contributed by atoms with Gasteiger partial charge >= 0.3 is 0 Å². The van der Waals surface area contributed by atoms with Gasteiger partial charge in [-0.25, -0.2) is 0 Å². The third-order valence-electron chi connectivity index (χ3n) is 5.79. The van der Waals surface area contributed by atoms with Crippen LogP contribution in [0.5, 0.6) is 5.75 Å². The molecule has 1 atom stereocenters. The predicted octanol–water partition coefficient (Wildman–Crippen LogP) is 4.02. The monoisotopic (exact) mass is 392 g/mol. The molecule has 1 unspecified atom stereocenters. The molecule has 2 heterocycles. The van der Waals surface area contributed by atoms with Crippen LogP contribution in [0.25, 0.3) is 10.9 Å². The average molecular weight is 392 g/mol. The summed E-state index contributed by atoms with van der Waals surface area (Å²) in [7, 11) is 5.62. The molecule has 0 saturated carbocycles. The molecule has 0 bridgehead atoms. The molecule has 29 heavy (non-hydrogen) atoms. The number of aryl methyl sites for hydroxylation is 1. The highest BCUT2D eigenvalue weighted by atomic mass is 16.5. The van der Waals surface area contributed by atoms with E-state index in [1.54, 1.807) is 19.0 Å². The van der Waals surface area contributed by atoms with Gasteiger partial charge in [0.05, 0.1) is 18.7 Å². The molecule has 152 valence electrons. The fraction of sp³-hybridized carbons (Fsp3) is 0.375. The van der Waals surface area contributed by atoms with E-state index < -0.39 is 5.60 Å². The number of carbonyl (C=O) groups is 1. The van der Waals surface area contributed by atoms with Crippen LogP contribution in [0.3, 0.4) is 0 Å². The van der Waals surface area contributed by atoms with E-state index in [1.165, 1.54) is 10.9 Å². The number of aromatic nitrogens is 1. The Bertz CT molecular complexity index is 1040. The molecule has 0 aliphatic carbocycles. The summed E-state index contributed by atoms with van der Waals surface area (Å²) in [6, 6.07) is 16.4. The number of rotatable bonds is 5. The molecule has 0 N–H and O–H groups in total. The number of hydrogen-bond donors (Lipinski definition) is 0. The van der Waals surface area contributed by atoms with Crippen LogP contribution in [0.15, 0.2) is 48.5 Å². The second kappa shape index (κ2) is 7.56. The molecule has 2 aromatic carbocycles. The van der Waals surface area contributed by atoms with Crippen LogP contribution < -0.4 is 4.74 Å². The normalized spacial score (nSPS) is 18.5. The van der Waals surface area contributed by atoms with Crippen molar-refractivity contribution < 1.29 is 14.3 Å². The lowest BCUT2D eigenvalue weighted by atomic mass is 9.89. The van der Waals surface area contributed by atoms with E-state index in [9.17, 15) is 4.79 Å². The second-order valence-electron chi connectivity index (χ2n) is 8.13. The second-order valence-corrected chi connectivity index (χ2v) is 8.13. The fourth-order valence-electron chi connectivity index (χ4n) is 4.29. The van der Waals surface area contributed by atoms with Gasteiger partial charge in [0.25, 0.3) is 0 Å². The number of fused-ring (bicyclic) bond motifs is 3. The summed E-state index contributed by atoms with van der Waals surface area (Å²) in [5.41, 5.74) is 4.00. The largest absolute Gasteiger partial charge is 0.489 e. The number of ether oxygens (including phenoxy) is 2. The van der Waals surface area contributed by atoms with E-state index in [2.05, 4.69) is 35.9 Å². The third-order valence-corrected chi connectivity index (χ3v) is 5.79. The third kappa shape index (κ3) is 3.62. The lowest BCUT2D eigenvalue weighted by molar-refractivity contribution is -0.138. The van der Waals surface area contributed by atoms with Crippen molar-refractivity contribution in [3.05, 3.63) is 65.4 Å². The molecule has 3 aromatic rings. The summed E-state index contributed by atoms with van der Waals surface area (Å²) in [4.78, 5) is 14.1. The van der Waals surface area contributed by atoms with Crippen molar-refractivity contribution in [2.45, 2.75) is 32.0 Å². The van der Waals surface area contributed by atoms with Crippen molar-refractivity contribution in [3.63, 3.8) is 0 Å². The van der Waals surface area contributed by atoms with Crippen molar-refractivity contribution in [2.75, 3.05) is 20.7 Å². The molecule has 5 nitrogen and oxygen atoms in total.